The second kappa shape index (κ2) is 7.63. The summed E-state index contributed by atoms with van der Waals surface area (Å²) in [5, 5.41) is 2.60. The van der Waals surface area contributed by atoms with Crippen LogP contribution in [0.3, 0.4) is 0 Å². The summed E-state index contributed by atoms with van der Waals surface area (Å²) in [6.45, 7) is 0.300. The molecule has 0 unspecified atom stereocenters. The molecule has 3 rings (SSSR count). The van der Waals surface area contributed by atoms with Gasteiger partial charge >= 0.3 is 0 Å². The second-order valence-electron chi connectivity index (χ2n) is 4.53. The fourth-order valence-electron chi connectivity index (χ4n) is 1.95. The van der Waals surface area contributed by atoms with Gasteiger partial charge in [-0.3, -0.25) is 4.79 Å². The number of thiophene rings is 1. The lowest BCUT2D eigenvalue weighted by Gasteiger charge is -1.99. The predicted octanol–water partition coefficient (Wildman–Crippen LogP) is 0.638. The molecule has 3 aromatic rings. The minimum Gasteiger partial charge on any atom is -1.00 e. The van der Waals surface area contributed by atoms with Crippen molar-refractivity contribution in [3.05, 3.63) is 70.3 Å². The zero-order chi connectivity index (χ0) is 14.7. The molecule has 0 bridgehead atoms. The third-order valence-corrected chi connectivity index (χ3v) is 4.19. The Labute approximate surface area is 148 Å². The van der Waals surface area contributed by atoms with Crippen LogP contribution in [0, 0.1) is 0 Å². The lowest BCUT2D eigenvalue weighted by Crippen LogP contribution is -3.00. The quantitative estimate of drug-likeness (QED) is 0.480. The van der Waals surface area contributed by atoms with Gasteiger partial charge in [0, 0.05) is 16.7 Å². The highest BCUT2D eigenvalue weighted by Gasteiger charge is 2.12. The van der Waals surface area contributed by atoms with Crippen LogP contribution in [0.4, 0.5) is 0 Å². The molecule has 0 saturated heterocycles. The maximum absolute atomic E-state index is 12.0. The van der Waals surface area contributed by atoms with Crippen molar-refractivity contribution in [2.75, 3.05) is 0 Å². The molecule has 0 N–H and O–H groups in total. The van der Waals surface area contributed by atoms with E-state index in [4.69, 9.17) is 11.6 Å². The van der Waals surface area contributed by atoms with Crippen LogP contribution in [0.5, 0.6) is 0 Å². The van der Waals surface area contributed by atoms with E-state index in [1.165, 1.54) is 11.3 Å². The van der Waals surface area contributed by atoms with Gasteiger partial charge in [0.2, 0.25) is 5.78 Å². The first-order valence-corrected chi connectivity index (χ1v) is 7.66. The van der Waals surface area contributed by atoms with Crippen LogP contribution in [-0.4, -0.2) is 10.8 Å². The summed E-state index contributed by atoms with van der Waals surface area (Å²) in [6, 6.07) is 13.1. The van der Waals surface area contributed by atoms with E-state index in [1.807, 2.05) is 54.0 Å². The monoisotopic (exact) mass is 394 g/mol. The van der Waals surface area contributed by atoms with Crippen molar-refractivity contribution in [1.82, 2.24) is 4.98 Å². The first-order valence-electron chi connectivity index (χ1n) is 6.40. The molecule has 22 heavy (non-hydrogen) atoms. The van der Waals surface area contributed by atoms with Crippen molar-refractivity contribution in [3.63, 3.8) is 0 Å². The molecule has 112 valence electrons. The molecule has 2 aromatic heterocycles. The largest absolute Gasteiger partial charge is 1.00 e. The molecular weight excluding hydrogens is 384 g/mol. The molecule has 0 saturated carbocycles. The smallest absolute Gasteiger partial charge is 0.287 e. The number of rotatable bonds is 4. The molecular formula is C16H12BrClN2OS. The molecule has 0 aliphatic rings. The first-order chi connectivity index (χ1) is 10.2. The van der Waals surface area contributed by atoms with Gasteiger partial charge in [-0.1, -0.05) is 17.7 Å². The van der Waals surface area contributed by atoms with Gasteiger partial charge in [-0.15, -0.1) is 11.3 Å². The SMILES string of the molecule is O=C(C[n+]1ccc(-c2ccc(Cl)cc2)nc1)c1cccs1.[Br-]. The summed E-state index contributed by atoms with van der Waals surface area (Å²) in [7, 11) is 0. The highest BCUT2D eigenvalue weighted by atomic mass is 79.9. The number of aromatic nitrogens is 2. The zero-order valence-corrected chi connectivity index (χ0v) is 14.6. The van der Waals surface area contributed by atoms with E-state index in [1.54, 1.807) is 10.9 Å². The van der Waals surface area contributed by atoms with Crippen LogP contribution < -0.4 is 21.5 Å². The van der Waals surface area contributed by atoms with Crippen molar-refractivity contribution in [2.24, 2.45) is 0 Å². The Morgan fingerprint density at radius 2 is 1.95 bits per heavy atom. The van der Waals surface area contributed by atoms with Gasteiger partial charge in [0.15, 0.2) is 12.2 Å². The zero-order valence-electron chi connectivity index (χ0n) is 11.4. The Bertz CT molecular complexity index is 743. The molecule has 0 amide bonds. The van der Waals surface area contributed by atoms with Crippen molar-refractivity contribution >= 4 is 28.7 Å². The number of nitrogens with zero attached hydrogens (tertiary/aromatic N) is 2. The summed E-state index contributed by atoms with van der Waals surface area (Å²) in [5.74, 6) is 0.0936. The Kier molecular flexibility index (Phi) is 5.83. The number of halogens is 2. The number of hydrogen-bond acceptors (Lipinski definition) is 3. The van der Waals surface area contributed by atoms with Gasteiger partial charge < -0.3 is 17.0 Å². The summed E-state index contributed by atoms with van der Waals surface area (Å²) in [6.07, 6.45) is 3.54. The molecule has 3 nitrogen and oxygen atoms in total. The van der Waals surface area contributed by atoms with E-state index in [9.17, 15) is 4.79 Å². The van der Waals surface area contributed by atoms with E-state index in [2.05, 4.69) is 4.98 Å². The molecule has 0 atom stereocenters. The summed E-state index contributed by atoms with van der Waals surface area (Å²) in [5.41, 5.74) is 1.85. The summed E-state index contributed by atoms with van der Waals surface area (Å²) >= 11 is 7.33. The Balaban J connectivity index is 0.00000176. The van der Waals surface area contributed by atoms with Crippen LogP contribution >= 0.6 is 22.9 Å². The van der Waals surface area contributed by atoms with E-state index in [-0.39, 0.29) is 22.8 Å². The topological polar surface area (TPSA) is 33.8 Å². The van der Waals surface area contributed by atoms with E-state index in [0.29, 0.717) is 11.6 Å². The Morgan fingerprint density at radius 1 is 1.18 bits per heavy atom. The molecule has 0 spiro atoms. The normalized spacial score (nSPS) is 10.0. The Morgan fingerprint density at radius 3 is 2.55 bits per heavy atom. The number of hydrogen-bond donors (Lipinski definition) is 0. The van der Waals surface area contributed by atoms with E-state index >= 15 is 0 Å². The maximum atomic E-state index is 12.0. The van der Waals surface area contributed by atoms with Crippen molar-refractivity contribution in [2.45, 2.75) is 6.54 Å². The molecule has 0 radical (unpaired) electrons. The molecule has 6 heteroatoms. The number of carbonyl (C=O) groups is 1. The van der Waals surface area contributed by atoms with Crippen LogP contribution in [0.1, 0.15) is 9.67 Å². The van der Waals surface area contributed by atoms with Gasteiger partial charge in [-0.2, -0.15) is 0 Å². The molecule has 2 heterocycles. The van der Waals surface area contributed by atoms with Gasteiger partial charge in [0.25, 0.3) is 6.33 Å². The van der Waals surface area contributed by atoms with Crippen molar-refractivity contribution < 1.29 is 26.3 Å². The predicted molar refractivity (Wildman–Crippen MR) is 83.5 cm³/mol. The van der Waals surface area contributed by atoms with Gasteiger partial charge in [0.05, 0.1) is 11.1 Å². The van der Waals surface area contributed by atoms with Crippen molar-refractivity contribution in [3.8, 4) is 11.3 Å². The van der Waals surface area contributed by atoms with Gasteiger partial charge in [0.1, 0.15) is 0 Å². The minimum absolute atomic E-state index is 0. The van der Waals surface area contributed by atoms with Crippen molar-refractivity contribution in [1.29, 1.82) is 0 Å². The van der Waals surface area contributed by atoms with Gasteiger partial charge in [-0.25, -0.2) is 4.57 Å². The molecule has 0 aliphatic carbocycles. The number of benzene rings is 1. The van der Waals surface area contributed by atoms with Crippen LogP contribution in [0.25, 0.3) is 11.3 Å². The number of ketones is 1. The average Bonchev–Trinajstić information content (AvgIpc) is 3.03. The number of carbonyl (C=O) groups excluding carboxylic acids is 1. The highest BCUT2D eigenvalue weighted by molar-refractivity contribution is 7.12. The van der Waals surface area contributed by atoms with Crippen LogP contribution in [-0.2, 0) is 6.54 Å². The first kappa shape index (κ1) is 16.8. The van der Waals surface area contributed by atoms with Crippen LogP contribution in [0.15, 0.2) is 60.4 Å². The fraction of sp³-hybridized carbons (Fsp3) is 0.0625. The van der Waals surface area contributed by atoms with E-state index in [0.717, 1.165) is 16.1 Å². The van der Waals surface area contributed by atoms with E-state index < -0.39 is 0 Å². The summed E-state index contributed by atoms with van der Waals surface area (Å²) in [4.78, 5) is 17.2. The molecule has 0 aliphatic heterocycles. The summed E-state index contributed by atoms with van der Waals surface area (Å²) < 4.78 is 1.78. The fourth-order valence-corrected chi connectivity index (χ4v) is 2.73. The third-order valence-electron chi connectivity index (χ3n) is 3.03. The standard InChI is InChI=1S/C16H12ClN2OS.BrH/c17-13-5-3-12(4-6-13)14-7-8-19(11-18-14)10-15(20)16-2-1-9-21-16;/h1-9,11H,10H2;1H/q+1;/p-1. The lowest BCUT2D eigenvalue weighted by molar-refractivity contribution is -0.686. The third kappa shape index (κ3) is 4.00. The number of Topliss-reactive ketones (excluding diaryl/α,β-unsaturated/α-hetero) is 1. The second-order valence-corrected chi connectivity index (χ2v) is 5.91. The van der Waals surface area contributed by atoms with Crippen LogP contribution in [0.2, 0.25) is 5.02 Å². The molecule has 0 fully saturated rings. The minimum atomic E-state index is 0. The maximum Gasteiger partial charge on any atom is 0.287 e. The highest BCUT2D eigenvalue weighted by Crippen LogP contribution is 2.18. The van der Waals surface area contributed by atoms with Gasteiger partial charge in [-0.05, 0) is 40.7 Å². The lowest BCUT2D eigenvalue weighted by atomic mass is 10.1. The Hall–Kier alpha value is -1.56. The molecule has 1 aromatic carbocycles. The average molecular weight is 396 g/mol.